The first-order valence-electron chi connectivity index (χ1n) is 11.3. The van der Waals surface area contributed by atoms with Crippen molar-refractivity contribution in [1.82, 2.24) is 15.5 Å². The molecule has 4 amide bonds. The molecule has 0 aromatic heterocycles. The van der Waals surface area contributed by atoms with Gasteiger partial charge in [-0.1, -0.05) is 60.7 Å². The van der Waals surface area contributed by atoms with Crippen molar-refractivity contribution >= 4 is 23.8 Å². The van der Waals surface area contributed by atoms with Crippen molar-refractivity contribution in [2.45, 2.75) is 30.6 Å². The van der Waals surface area contributed by atoms with Crippen molar-refractivity contribution in [2.24, 2.45) is 11.8 Å². The second kappa shape index (κ2) is 8.57. The molecule has 0 radical (unpaired) electrons. The second-order valence-electron chi connectivity index (χ2n) is 8.84. The fourth-order valence-corrected chi connectivity index (χ4v) is 5.45. The number of carbonyl (C=O) groups is 4. The number of ether oxygens (including phenoxy) is 1. The Labute approximate surface area is 196 Å². The lowest BCUT2D eigenvalue weighted by Crippen LogP contribution is -2.47. The third kappa shape index (κ3) is 3.43. The normalized spacial score (nSPS) is 27.0. The average Bonchev–Trinajstić information content (AvgIpc) is 3.54. The Morgan fingerprint density at radius 1 is 0.971 bits per heavy atom. The van der Waals surface area contributed by atoms with E-state index in [1.807, 2.05) is 12.1 Å². The number of amides is 4. The lowest BCUT2D eigenvalue weighted by molar-refractivity contribution is -0.147. The van der Waals surface area contributed by atoms with Crippen molar-refractivity contribution in [1.29, 1.82) is 0 Å². The monoisotopic (exact) mass is 463 g/mol. The molecule has 0 aliphatic carbocycles. The van der Waals surface area contributed by atoms with E-state index >= 15 is 0 Å². The van der Waals surface area contributed by atoms with Gasteiger partial charge in [0.05, 0.1) is 24.0 Å². The first-order valence-corrected chi connectivity index (χ1v) is 11.3. The molecule has 0 saturated carbocycles. The van der Waals surface area contributed by atoms with E-state index in [-0.39, 0.29) is 13.1 Å². The molecule has 2 bridgehead atoms. The van der Waals surface area contributed by atoms with Crippen LogP contribution in [0.25, 0.3) is 0 Å². The summed E-state index contributed by atoms with van der Waals surface area (Å²) in [5, 5.41) is 15.1. The minimum absolute atomic E-state index is 0.0118. The Bertz CT molecular complexity index is 1080. The molecule has 3 N–H and O–H groups in total. The molecule has 4 atom stereocenters. The summed E-state index contributed by atoms with van der Waals surface area (Å²) in [5.41, 5.74) is -0.0970. The fourth-order valence-electron chi connectivity index (χ4n) is 5.45. The fraction of sp³-hybridized carbons (Fsp3) is 0.360. The van der Waals surface area contributed by atoms with Gasteiger partial charge >= 0.3 is 12.0 Å². The molecule has 3 aliphatic heterocycles. The number of imide groups is 1. The lowest BCUT2D eigenvalue weighted by atomic mass is 9.79. The number of benzene rings is 2. The van der Waals surface area contributed by atoms with Gasteiger partial charge in [-0.15, -0.1) is 0 Å². The molecule has 9 nitrogen and oxygen atoms in total. The predicted octanol–water partition coefficient (Wildman–Crippen LogP) is 1.48. The van der Waals surface area contributed by atoms with E-state index in [2.05, 4.69) is 10.6 Å². The molecule has 34 heavy (non-hydrogen) atoms. The van der Waals surface area contributed by atoms with Crippen molar-refractivity contribution in [3.63, 3.8) is 0 Å². The van der Waals surface area contributed by atoms with Crippen LogP contribution in [0, 0.1) is 11.8 Å². The van der Waals surface area contributed by atoms with Gasteiger partial charge in [0.15, 0.2) is 5.54 Å². The Morgan fingerprint density at radius 2 is 1.53 bits per heavy atom. The number of rotatable bonds is 7. The third-order valence-corrected chi connectivity index (χ3v) is 7.01. The van der Waals surface area contributed by atoms with E-state index < -0.39 is 53.4 Å². The zero-order valence-corrected chi connectivity index (χ0v) is 18.3. The van der Waals surface area contributed by atoms with Gasteiger partial charge in [-0.2, -0.15) is 0 Å². The van der Waals surface area contributed by atoms with Gasteiger partial charge in [-0.05, 0) is 24.0 Å². The number of hydrogen-bond donors (Lipinski definition) is 3. The van der Waals surface area contributed by atoms with Crippen molar-refractivity contribution in [3.05, 3.63) is 71.8 Å². The number of urea groups is 1. The van der Waals surface area contributed by atoms with Crippen LogP contribution in [0.2, 0.25) is 0 Å². The highest BCUT2D eigenvalue weighted by atomic mass is 16.5. The van der Waals surface area contributed by atoms with Gasteiger partial charge in [0.1, 0.15) is 0 Å². The summed E-state index contributed by atoms with van der Waals surface area (Å²) >= 11 is 0. The Hall–Kier alpha value is -3.72. The third-order valence-electron chi connectivity index (χ3n) is 7.01. The molecule has 2 aromatic carbocycles. The van der Waals surface area contributed by atoms with E-state index in [9.17, 15) is 24.3 Å². The Morgan fingerprint density at radius 3 is 2.09 bits per heavy atom. The highest BCUT2D eigenvalue weighted by Gasteiger charge is 2.56. The van der Waals surface area contributed by atoms with Crippen LogP contribution in [-0.2, 0) is 24.7 Å². The number of hydrogen-bond acceptors (Lipinski definition) is 5. The molecule has 0 spiro atoms. The Kier molecular flexibility index (Phi) is 5.57. The van der Waals surface area contributed by atoms with Crippen molar-refractivity contribution in [3.8, 4) is 0 Å². The summed E-state index contributed by atoms with van der Waals surface area (Å²) in [4.78, 5) is 52.1. The number of nitrogens with one attached hydrogen (secondary N) is 2. The average molecular weight is 463 g/mol. The molecule has 5 rings (SSSR count). The van der Waals surface area contributed by atoms with Gasteiger partial charge in [-0.25, -0.2) is 4.79 Å². The van der Waals surface area contributed by atoms with Crippen molar-refractivity contribution < 1.29 is 29.0 Å². The first kappa shape index (κ1) is 22.1. The predicted molar refractivity (Wildman–Crippen MR) is 119 cm³/mol. The highest BCUT2D eigenvalue weighted by molar-refractivity contribution is 6.09. The van der Waals surface area contributed by atoms with Crippen LogP contribution >= 0.6 is 0 Å². The Balaban J connectivity index is 1.32. The molecule has 3 fully saturated rings. The van der Waals surface area contributed by atoms with Crippen LogP contribution in [0.1, 0.15) is 24.0 Å². The highest BCUT2D eigenvalue weighted by Crippen LogP contribution is 2.43. The topological polar surface area (TPSA) is 125 Å². The summed E-state index contributed by atoms with van der Waals surface area (Å²) in [5.74, 6) is -3.55. The molecule has 3 heterocycles. The molecule has 3 saturated heterocycles. The maximum Gasteiger partial charge on any atom is 0.325 e. The van der Waals surface area contributed by atoms with Gasteiger partial charge < -0.3 is 20.5 Å². The van der Waals surface area contributed by atoms with E-state index in [1.54, 1.807) is 48.5 Å². The largest absolute Gasteiger partial charge is 0.481 e. The standard InChI is InChI=1S/C25H25N3O6/c29-21(19-17-11-12-18(34-17)20(19)22(30)31)26-13-14-28-23(32)25(27-24(28)33,15-7-3-1-4-8-15)16-9-5-2-6-10-16/h1-10,17-20H,11-14H2,(H,26,29)(H,27,33)(H,30,31)/t17?,18?,19?,20-/m0/s1. The molecular formula is C25H25N3O6. The van der Waals surface area contributed by atoms with Crippen LogP contribution in [0.4, 0.5) is 4.79 Å². The summed E-state index contributed by atoms with van der Waals surface area (Å²) in [7, 11) is 0. The summed E-state index contributed by atoms with van der Waals surface area (Å²) in [6.45, 7) is -0.0326. The summed E-state index contributed by atoms with van der Waals surface area (Å²) < 4.78 is 5.65. The van der Waals surface area contributed by atoms with Crippen LogP contribution in [0.5, 0.6) is 0 Å². The van der Waals surface area contributed by atoms with Crippen LogP contribution in [0.15, 0.2) is 60.7 Å². The quantitative estimate of drug-likeness (QED) is 0.534. The molecule has 3 aliphatic rings. The smallest absolute Gasteiger partial charge is 0.325 e. The van der Waals surface area contributed by atoms with E-state index in [0.717, 1.165) is 4.90 Å². The van der Waals surface area contributed by atoms with Crippen LogP contribution < -0.4 is 10.6 Å². The molecule has 176 valence electrons. The van der Waals surface area contributed by atoms with Crippen molar-refractivity contribution in [2.75, 3.05) is 13.1 Å². The van der Waals surface area contributed by atoms with Gasteiger partial charge in [0.25, 0.3) is 5.91 Å². The van der Waals surface area contributed by atoms with Crippen LogP contribution in [-0.4, -0.2) is 59.1 Å². The molecule has 9 heteroatoms. The number of nitrogens with zero attached hydrogens (tertiary/aromatic N) is 1. The van der Waals surface area contributed by atoms with Gasteiger partial charge in [0, 0.05) is 13.1 Å². The first-order chi connectivity index (χ1) is 16.4. The maximum atomic E-state index is 13.6. The summed E-state index contributed by atoms with van der Waals surface area (Å²) in [6, 6.07) is 17.5. The van der Waals surface area contributed by atoms with E-state index in [0.29, 0.717) is 24.0 Å². The minimum Gasteiger partial charge on any atom is -0.481 e. The number of fused-ring (bicyclic) bond motifs is 2. The summed E-state index contributed by atoms with van der Waals surface area (Å²) in [6.07, 6.45) is 0.429. The molecular weight excluding hydrogens is 438 g/mol. The van der Waals surface area contributed by atoms with Gasteiger partial charge in [-0.3, -0.25) is 19.3 Å². The molecule has 3 unspecified atom stereocenters. The number of carboxylic acid groups (broad SMARTS) is 1. The minimum atomic E-state index is -1.36. The zero-order valence-electron chi connectivity index (χ0n) is 18.3. The zero-order chi connectivity index (χ0) is 23.9. The lowest BCUT2D eigenvalue weighted by Gasteiger charge is -2.28. The SMILES string of the molecule is O=C(NCCN1C(=O)NC(c2ccccc2)(c2ccccc2)C1=O)C1C2CCC(O2)[C@@H]1C(=O)O. The van der Waals surface area contributed by atoms with Gasteiger partial charge in [0.2, 0.25) is 5.91 Å². The van der Waals surface area contributed by atoms with E-state index in [4.69, 9.17) is 4.74 Å². The number of carboxylic acids is 1. The number of carbonyl (C=O) groups excluding carboxylic acids is 3. The van der Waals surface area contributed by atoms with E-state index in [1.165, 1.54) is 0 Å². The second-order valence-corrected chi connectivity index (χ2v) is 8.84. The number of aliphatic carboxylic acids is 1. The van der Waals surface area contributed by atoms with Crippen LogP contribution in [0.3, 0.4) is 0 Å². The maximum absolute atomic E-state index is 13.6. The molecule has 2 aromatic rings.